The van der Waals surface area contributed by atoms with E-state index in [0.717, 1.165) is 13.0 Å². The van der Waals surface area contributed by atoms with Crippen molar-refractivity contribution in [1.29, 1.82) is 0 Å². The predicted molar refractivity (Wildman–Crippen MR) is 70.6 cm³/mol. The first-order valence-electron chi connectivity index (χ1n) is 6.64. The number of methoxy groups -OCH3 is 2. The molecule has 0 N–H and O–H groups in total. The van der Waals surface area contributed by atoms with Crippen LogP contribution in [0.2, 0.25) is 0 Å². The molecule has 1 aliphatic heterocycles. The summed E-state index contributed by atoms with van der Waals surface area (Å²) >= 11 is 0. The lowest BCUT2D eigenvalue weighted by Gasteiger charge is -2.44. The van der Waals surface area contributed by atoms with Gasteiger partial charge in [-0.15, -0.1) is 0 Å². The highest BCUT2D eigenvalue weighted by molar-refractivity contribution is 5.82. The van der Waals surface area contributed by atoms with Crippen LogP contribution in [0, 0.1) is 0 Å². The molecule has 0 radical (unpaired) electrons. The zero-order valence-corrected chi connectivity index (χ0v) is 12.0. The van der Waals surface area contributed by atoms with Gasteiger partial charge in [0, 0.05) is 39.9 Å². The van der Waals surface area contributed by atoms with Crippen molar-refractivity contribution in [3.63, 3.8) is 0 Å². The topological polar surface area (TPSA) is 42.0 Å². The number of carbonyl (C=O) groups excluding carboxylic acids is 1. The minimum Gasteiger partial charge on any atom is -0.383 e. The lowest BCUT2D eigenvalue weighted by Crippen LogP contribution is -2.59. The van der Waals surface area contributed by atoms with Crippen molar-refractivity contribution in [2.24, 2.45) is 0 Å². The normalized spacial score (nSPS) is 19.9. The van der Waals surface area contributed by atoms with Crippen LogP contribution in [0.5, 0.6) is 0 Å². The van der Waals surface area contributed by atoms with Crippen molar-refractivity contribution in [2.75, 3.05) is 47.1 Å². The molecule has 1 aliphatic rings. The van der Waals surface area contributed by atoms with E-state index in [1.54, 1.807) is 14.2 Å². The number of likely N-dealkylation sites (tertiary alicyclic amines) is 1. The maximum atomic E-state index is 12.4. The van der Waals surface area contributed by atoms with Crippen LogP contribution >= 0.6 is 0 Å². The summed E-state index contributed by atoms with van der Waals surface area (Å²) in [7, 11) is 3.31. The molecule has 1 amide bonds. The number of amides is 1. The van der Waals surface area contributed by atoms with Crippen LogP contribution in [0.1, 0.15) is 20.3 Å². The second-order valence-electron chi connectivity index (χ2n) is 4.95. The highest BCUT2D eigenvalue weighted by Crippen LogP contribution is 2.22. The quantitative estimate of drug-likeness (QED) is 0.639. The summed E-state index contributed by atoms with van der Waals surface area (Å²) in [5.74, 6) is 0.212. The molecule has 0 spiro atoms. The average molecular weight is 258 g/mol. The summed E-state index contributed by atoms with van der Waals surface area (Å²) in [6.45, 7) is 7.72. The van der Waals surface area contributed by atoms with Crippen molar-refractivity contribution < 1.29 is 14.3 Å². The minimum atomic E-state index is 0.0544. The van der Waals surface area contributed by atoms with Crippen LogP contribution in [-0.4, -0.2) is 74.9 Å². The molecule has 1 rings (SSSR count). The van der Waals surface area contributed by atoms with Crippen LogP contribution in [0.3, 0.4) is 0 Å². The maximum absolute atomic E-state index is 12.4. The van der Waals surface area contributed by atoms with Gasteiger partial charge >= 0.3 is 0 Å². The molecule has 0 saturated carbocycles. The van der Waals surface area contributed by atoms with Gasteiger partial charge in [0.25, 0.3) is 0 Å². The molecule has 0 aromatic carbocycles. The van der Waals surface area contributed by atoms with Gasteiger partial charge in [0.15, 0.2) is 0 Å². The summed E-state index contributed by atoms with van der Waals surface area (Å²) in [5.41, 5.74) is 0. The summed E-state index contributed by atoms with van der Waals surface area (Å²) < 4.78 is 10.1. The van der Waals surface area contributed by atoms with Crippen LogP contribution < -0.4 is 0 Å². The van der Waals surface area contributed by atoms with Crippen LogP contribution in [0.15, 0.2) is 0 Å². The number of rotatable bonds is 8. The Balaban J connectivity index is 2.52. The number of ether oxygens (including phenoxy) is 2. The first-order chi connectivity index (χ1) is 8.61. The fourth-order valence-electron chi connectivity index (χ4n) is 2.24. The molecule has 1 saturated heterocycles. The molecule has 5 heteroatoms. The minimum absolute atomic E-state index is 0.0544. The van der Waals surface area contributed by atoms with E-state index in [1.165, 1.54) is 0 Å². The van der Waals surface area contributed by atoms with Gasteiger partial charge in [0.2, 0.25) is 5.91 Å². The van der Waals surface area contributed by atoms with Gasteiger partial charge < -0.3 is 14.4 Å². The standard InChI is InChI=1S/C13H26N2O3/c1-11(2)15-6-5-12(15)13(16)14(7-9-17-3)8-10-18-4/h11-12H,5-10H2,1-4H3/t12-/m0/s1. The molecule has 5 nitrogen and oxygen atoms in total. The molecule has 0 aliphatic carbocycles. The number of nitrogens with zero attached hydrogens (tertiary/aromatic N) is 2. The fourth-order valence-corrected chi connectivity index (χ4v) is 2.24. The van der Waals surface area contributed by atoms with E-state index in [1.807, 2.05) is 4.90 Å². The Morgan fingerprint density at radius 1 is 1.28 bits per heavy atom. The van der Waals surface area contributed by atoms with E-state index in [2.05, 4.69) is 18.7 Å². The van der Waals surface area contributed by atoms with Gasteiger partial charge in [0.1, 0.15) is 0 Å². The predicted octanol–water partition coefficient (Wildman–Crippen LogP) is 0.591. The van der Waals surface area contributed by atoms with Gasteiger partial charge in [-0.2, -0.15) is 0 Å². The SMILES string of the molecule is COCCN(CCOC)C(=O)[C@@H]1CCN1C(C)C. The van der Waals surface area contributed by atoms with E-state index in [0.29, 0.717) is 32.3 Å². The van der Waals surface area contributed by atoms with E-state index in [4.69, 9.17) is 9.47 Å². The Bertz CT molecular complexity index is 251. The van der Waals surface area contributed by atoms with Crippen LogP contribution in [0.4, 0.5) is 0 Å². The summed E-state index contributed by atoms with van der Waals surface area (Å²) in [6, 6.07) is 0.484. The molecular weight excluding hydrogens is 232 g/mol. The zero-order valence-electron chi connectivity index (χ0n) is 12.0. The summed E-state index contributed by atoms with van der Waals surface area (Å²) in [4.78, 5) is 16.5. The number of hydrogen-bond donors (Lipinski definition) is 0. The Labute approximate surface area is 110 Å². The number of carbonyl (C=O) groups is 1. The summed E-state index contributed by atoms with van der Waals surface area (Å²) in [5, 5.41) is 0. The Kier molecular flexibility index (Phi) is 6.60. The third-order valence-electron chi connectivity index (χ3n) is 3.45. The lowest BCUT2D eigenvalue weighted by atomic mass is 9.99. The molecule has 0 bridgehead atoms. The highest BCUT2D eigenvalue weighted by Gasteiger charge is 2.37. The maximum Gasteiger partial charge on any atom is 0.240 e. The van der Waals surface area contributed by atoms with E-state index >= 15 is 0 Å². The third kappa shape index (κ3) is 3.93. The highest BCUT2D eigenvalue weighted by atomic mass is 16.5. The smallest absolute Gasteiger partial charge is 0.240 e. The van der Waals surface area contributed by atoms with Gasteiger partial charge in [-0.25, -0.2) is 0 Å². The van der Waals surface area contributed by atoms with Crippen molar-refractivity contribution in [3.8, 4) is 0 Å². The zero-order chi connectivity index (χ0) is 13.5. The van der Waals surface area contributed by atoms with E-state index < -0.39 is 0 Å². The molecular formula is C13H26N2O3. The monoisotopic (exact) mass is 258 g/mol. The molecule has 1 fully saturated rings. The van der Waals surface area contributed by atoms with Crippen LogP contribution in [0.25, 0.3) is 0 Å². The fraction of sp³-hybridized carbons (Fsp3) is 0.923. The van der Waals surface area contributed by atoms with Crippen molar-refractivity contribution in [2.45, 2.75) is 32.4 Å². The summed E-state index contributed by atoms with van der Waals surface area (Å²) in [6.07, 6.45) is 0.966. The Hall–Kier alpha value is -0.650. The first-order valence-corrected chi connectivity index (χ1v) is 6.64. The van der Waals surface area contributed by atoms with Gasteiger partial charge in [-0.1, -0.05) is 0 Å². The molecule has 1 atom stereocenters. The molecule has 0 unspecified atom stereocenters. The first kappa shape index (κ1) is 15.4. The molecule has 106 valence electrons. The van der Waals surface area contributed by atoms with Gasteiger partial charge in [-0.05, 0) is 20.3 Å². The largest absolute Gasteiger partial charge is 0.383 e. The Morgan fingerprint density at radius 3 is 2.17 bits per heavy atom. The number of hydrogen-bond acceptors (Lipinski definition) is 4. The third-order valence-corrected chi connectivity index (χ3v) is 3.45. The van der Waals surface area contributed by atoms with Crippen molar-refractivity contribution >= 4 is 5.91 Å². The molecule has 0 aromatic rings. The Morgan fingerprint density at radius 2 is 1.83 bits per heavy atom. The van der Waals surface area contributed by atoms with E-state index in [9.17, 15) is 4.79 Å². The average Bonchev–Trinajstić information content (AvgIpc) is 2.26. The van der Waals surface area contributed by atoms with E-state index in [-0.39, 0.29) is 11.9 Å². The van der Waals surface area contributed by atoms with Crippen molar-refractivity contribution in [3.05, 3.63) is 0 Å². The molecule has 0 aromatic heterocycles. The van der Waals surface area contributed by atoms with Crippen molar-refractivity contribution in [1.82, 2.24) is 9.80 Å². The second-order valence-corrected chi connectivity index (χ2v) is 4.95. The molecule has 18 heavy (non-hydrogen) atoms. The molecule has 1 heterocycles. The van der Waals surface area contributed by atoms with Gasteiger partial charge in [0.05, 0.1) is 19.3 Å². The van der Waals surface area contributed by atoms with Gasteiger partial charge in [-0.3, -0.25) is 9.69 Å². The second kappa shape index (κ2) is 7.71. The van der Waals surface area contributed by atoms with Crippen LogP contribution in [-0.2, 0) is 14.3 Å². The lowest BCUT2D eigenvalue weighted by molar-refractivity contribution is -0.144.